The van der Waals surface area contributed by atoms with E-state index >= 15 is 0 Å². The second-order valence-electron chi connectivity index (χ2n) is 3.76. The van der Waals surface area contributed by atoms with Crippen LogP contribution in [0.5, 0.6) is 0 Å². The first kappa shape index (κ1) is 11.2. The highest BCUT2D eigenvalue weighted by molar-refractivity contribution is 9.10. The van der Waals surface area contributed by atoms with Crippen molar-refractivity contribution in [3.63, 3.8) is 0 Å². The van der Waals surface area contributed by atoms with Crippen LogP contribution in [0.1, 0.15) is 11.1 Å². The van der Waals surface area contributed by atoms with Crippen molar-refractivity contribution in [3.8, 4) is 11.1 Å². The van der Waals surface area contributed by atoms with E-state index in [2.05, 4.69) is 71.9 Å². The van der Waals surface area contributed by atoms with E-state index in [1.807, 2.05) is 6.08 Å². The fraction of sp³-hybridized carbons (Fsp3) is 0.0667. The fourth-order valence-corrected chi connectivity index (χ4v) is 2.48. The van der Waals surface area contributed by atoms with Crippen LogP contribution in [-0.4, -0.2) is 0 Å². The maximum Gasteiger partial charge on any atom is 0.0256 e. The molecule has 0 bridgehead atoms. The Balaban J connectivity index is 2.54. The lowest BCUT2D eigenvalue weighted by molar-refractivity contribution is 1.44. The molecule has 0 unspecified atom stereocenters. The third kappa shape index (κ3) is 2.10. The summed E-state index contributed by atoms with van der Waals surface area (Å²) in [5.74, 6) is 0. The molecule has 0 saturated carbocycles. The zero-order valence-corrected chi connectivity index (χ0v) is 10.8. The van der Waals surface area contributed by atoms with Crippen LogP contribution < -0.4 is 0 Å². The van der Waals surface area contributed by atoms with Crippen molar-refractivity contribution in [3.05, 3.63) is 64.6 Å². The molecular formula is C15H13Br. The Morgan fingerprint density at radius 2 is 1.75 bits per heavy atom. The number of aryl methyl sites for hydroxylation is 1. The third-order valence-corrected chi connectivity index (χ3v) is 3.32. The van der Waals surface area contributed by atoms with Crippen molar-refractivity contribution in [1.82, 2.24) is 0 Å². The van der Waals surface area contributed by atoms with Gasteiger partial charge in [-0.05, 0) is 35.2 Å². The molecule has 2 aromatic carbocycles. The van der Waals surface area contributed by atoms with Crippen molar-refractivity contribution in [2.75, 3.05) is 0 Å². The first-order chi connectivity index (χ1) is 7.72. The van der Waals surface area contributed by atoms with E-state index in [0.717, 1.165) is 10.0 Å². The van der Waals surface area contributed by atoms with Gasteiger partial charge in [0.2, 0.25) is 0 Å². The lowest BCUT2D eigenvalue weighted by atomic mass is 10.00. The van der Waals surface area contributed by atoms with Crippen LogP contribution in [0.3, 0.4) is 0 Å². The molecule has 2 aromatic rings. The van der Waals surface area contributed by atoms with E-state index in [9.17, 15) is 0 Å². The Kier molecular flexibility index (Phi) is 3.25. The van der Waals surface area contributed by atoms with Crippen LogP contribution in [0.4, 0.5) is 0 Å². The summed E-state index contributed by atoms with van der Waals surface area (Å²) in [6.45, 7) is 5.89. The molecule has 0 aliphatic heterocycles. The van der Waals surface area contributed by atoms with Gasteiger partial charge in [0.05, 0.1) is 0 Å². The molecule has 0 aliphatic carbocycles. The molecule has 2 rings (SSSR count). The van der Waals surface area contributed by atoms with Crippen LogP contribution in [0, 0.1) is 6.92 Å². The van der Waals surface area contributed by atoms with E-state index in [4.69, 9.17) is 0 Å². The van der Waals surface area contributed by atoms with Gasteiger partial charge in [0.15, 0.2) is 0 Å². The number of halogens is 1. The van der Waals surface area contributed by atoms with Crippen LogP contribution in [0.15, 0.2) is 53.5 Å². The molecule has 0 nitrogen and oxygen atoms in total. The predicted octanol–water partition coefficient (Wildman–Crippen LogP) is 5.07. The summed E-state index contributed by atoms with van der Waals surface area (Å²) in [6.07, 6.45) is 1.86. The quantitative estimate of drug-likeness (QED) is 0.716. The van der Waals surface area contributed by atoms with Gasteiger partial charge in [0.25, 0.3) is 0 Å². The second kappa shape index (κ2) is 4.67. The maximum atomic E-state index is 3.76. The fourth-order valence-electron chi connectivity index (χ4n) is 1.78. The highest BCUT2D eigenvalue weighted by Crippen LogP contribution is 2.31. The molecule has 0 aromatic heterocycles. The molecule has 0 radical (unpaired) electrons. The summed E-state index contributed by atoms with van der Waals surface area (Å²) < 4.78 is 1.14. The summed E-state index contributed by atoms with van der Waals surface area (Å²) in [5.41, 5.74) is 4.92. The van der Waals surface area contributed by atoms with Crippen molar-refractivity contribution in [2.45, 2.75) is 6.92 Å². The van der Waals surface area contributed by atoms with E-state index < -0.39 is 0 Å². The van der Waals surface area contributed by atoms with Gasteiger partial charge >= 0.3 is 0 Å². The molecular weight excluding hydrogens is 260 g/mol. The first-order valence-electron chi connectivity index (χ1n) is 5.20. The molecule has 0 heterocycles. The van der Waals surface area contributed by atoms with E-state index in [-0.39, 0.29) is 0 Å². The smallest absolute Gasteiger partial charge is 0.0256 e. The summed E-state index contributed by atoms with van der Waals surface area (Å²) in [4.78, 5) is 0. The molecule has 0 spiro atoms. The zero-order chi connectivity index (χ0) is 11.5. The minimum atomic E-state index is 1.14. The van der Waals surface area contributed by atoms with Gasteiger partial charge in [-0.2, -0.15) is 0 Å². The van der Waals surface area contributed by atoms with Crippen molar-refractivity contribution < 1.29 is 0 Å². The van der Waals surface area contributed by atoms with Gasteiger partial charge in [0.1, 0.15) is 0 Å². The molecule has 16 heavy (non-hydrogen) atoms. The summed E-state index contributed by atoms with van der Waals surface area (Å²) in [7, 11) is 0. The molecule has 0 aliphatic rings. The average Bonchev–Trinajstić information content (AvgIpc) is 2.30. The lowest BCUT2D eigenvalue weighted by Gasteiger charge is -2.08. The largest absolute Gasteiger partial charge is 0.0985 e. The second-order valence-corrected chi connectivity index (χ2v) is 4.61. The topological polar surface area (TPSA) is 0 Å². The lowest BCUT2D eigenvalue weighted by Crippen LogP contribution is -1.85. The van der Waals surface area contributed by atoms with Crippen LogP contribution in [0.25, 0.3) is 17.2 Å². The molecule has 1 heteroatoms. The Bertz CT molecular complexity index is 489. The van der Waals surface area contributed by atoms with Crippen LogP contribution in [-0.2, 0) is 0 Å². The zero-order valence-electron chi connectivity index (χ0n) is 9.20. The van der Waals surface area contributed by atoms with Gasteiger partial charge in [-0.15, -0.1) is 0 Å². The first-order valence-corrected chi connectivity index (χ1v) is 5.99. The summed E-state index contributed by atoms with van der Waals surface area (Å²) >= 11 is 3.60. The van der Waals surface area contributed by atoms with E-state index in [1.54, 1.807) is 0 Å². The average molecular weight is 273 g/mol. The van der Waals surface area contributed by atoms with Crippen molar-refractivity contribution in [2.24, 2.45) is 0 Å². The number of hydrogen-bond acceptors (Lipinski definition) is 0. The highest BCUT2D eigenvalue weighted by Gasteiger charge is 2.05. The summed E-state index contributed by atoms with van der Waals surface area (Å²) in [5, 5.41) is 0. The highest BCUT2D eigenvalue weighted by atomic mass is 79.9. The predicted molar refractivity (Wildman–Crippen MR) is 74.4 cm³/mol. The number of hydrogen-bond donors (Lipinski definition) is 0. The van der Waals surface area contributed by atoms with Gasteiger partial charge in [-0.1, -0.05) is 65.0 Å². The molecule has 0 saturated heterocycles. The monoisotopic (exact) mass is 272 g/mol. The molecule has 80 valence electrons. The minimum absolute atomic E-state index is 1.14. The maximum absolute atomic E-state index is 3.76. The number of benzene rings is 2. The SMILES string of the molecule is C=Cc1ccc(-c2c(C)cccc2Br)cc1. The summed E-state index contributed by atoms with van der Waals surface area (Å²) in [6, 6.07) is 14.7. The Labute approximate surface area is 105 Å². The third-order valence-electron chi connectivity index (χ3n) is 2.66. The molecule has 0 atom stereocenters. The van der Waals surface area contributed by atoms with Crippen LogP contribution in [0.2, 0.25) is 0 Å². The molecule has 0 fully saturated rings. The minimum Gasteiger partial charge on any atom is -0.0985 e. The normalized spacial score (nSPS) is 10.1. The Morgan fingerprint density at radius 3 is 2.31 bits per heavy atom. The van der Waals surface area contributed by atoms with E-state index in [0.29, 0.717) is 0 Å². The van der Waals surface area contributed by atoms with Crippen molar-refractivity contribution in [1.29, 1.82) is 0 Å². The van der Waals surface area contributed by atoms with Gasteiger partial charge in [-0.25, -0.2) is 0 Å². The molecule has 0 amide bonds. The van der Waals surface area contributed by atoms with Gasteiger partial charge in [-0.3, -0.25) is 0 Å². The molecule has 0 N–H and O–H groups in total. The standard InChI is InChI=1S/C15H13Br/c1-3-12-7-9-13(10-8-12)15-11(2)5-4-6-14(15)16/h3-10H,1H2,2H3. The van der Waals surface area contributed by atoms with Gasteiger partial charge < -0.3 is 0 Å². The van der Waals surface area contributed by atoms with E-state index in [1.165, 1.54) is 16.7 Å². The van der Waals surface area contributed by atoms with Crippen molar-refractivity contribution >= 4 is 22.0 Å². The van der Waals surface area contributed by atoms with Gasteiger partial charge in [0, 0.05) is 4.47 Å². The van der Waals surface area contributed by atoms with Crippen LogP contribution >= 0.6 is 15.9 Å². The number of rotatable bonds is 2. The Morgan fingerprint density at radius 1 is 1.06 bits per heavy atom. The Hall–Kier alpha value is -1.34.